The Morgan fingerprint density at radius 3 is 2.29 bits per heavy atom. The Morgan fingerprint density at radius 2 is 1.83 bits per heavy atom. The highest BCUT2D eigenvalue weighted by Crippen LogP contribution is 2.67. The van der Waals surface area contributed by atoms with E-state index in [4.69, 9.17) is 16.3 Å². The smallest absolute Gasteiger partial charge is 0.315 e. The van der Waals surface area contributed by atoms with Gasteiger partial charge >= 0.3 is 12.0 Å². The summed E-state index contributed by atoms with van der Waals surface area (Å²) in [5, 5.41) is 17.3. The van der Waals surface area contributed by atoms with E-state index in [0.717, 1.165) is 17.5 Å². The second-order valence-electron chi connectivity index (χ2n) is 12.9. The molecule has 0 aliphatic heterocycles. The molecule has 0 radical (unpaired) electrons. The summed E-state index contributed by atoms with van der Waals surface area (Å²) in [6.07, 6.45) is 2.98. The number of nitrogens with one attached hydrogen (secondary N) is 2. The van der Waals surface area contributed by atoms with Crippen LogP contribution in [-0.4, -0.2) is 36.4 Å². The van der Waals surface area contributed by atoms with Crippen LogP contribution in [-0.2, 0) is 15.1 Å². The molecule has 3 N–H and O–H groups in total. The first-order valence-electron chi connectivity index (χ1n) is 12.8. The van der Waals surface area contributed by atoms with E-state index >= 15 is 0 Å². The molecule has 194 valence electrons. The van der Waals surface area contributed by atoms with Crippen molar-refractivity contribution in [2.45, 2.75) is 84.2 Å². The maximum absolute atomic E-state index is 13.2. The molecule has 1 aromatic rings. The topological polar surface area (TPSA) is 87.7 Å². The number of carbonyl (C=O) groups is 2. The number of halogens is 1. The van der Waals surface area contributed by atoms with Crippen molar-refractivity contribution in [3.63, 3.8) is 0 Å². The first kappa shape index (κ1) is 26.3. The molecule has 0 aromatic heterocycles. The van der Waals surface area contributed by atoms with E-state index in [1.54, 1.807) is 0 Å². The van der Waals surface area contributed by atoms with Crippen molar-refractivity contribution in [3.05, 3.63) is 34.3 Å². The van der Waals surface area contributed by atoms with Gasteiger partial charge in [-0.3, -0.25) is 4.79 Å². The summed E-state index contributed by atoms with van der Waals surface area (Å²) in [4.78, 5) is 25.2. The van der Waals surface area contributed by atoms with E-state index in [2.05, 4.69) is 43.5 Å². The second kappa shape index (κ2) is 8.65. The second-order valence-corrected chi connectivity index (χ2v) is 13.4. The molecule has 35 heavy (non-hydrogen) atoms. The van der Waals surface area contributed by atoms with Crippen LogP contribution in [0.15, 0.2) is 18.2 Å². The Bertz CT molecular complexity index is 997. The van der Waals surface area contributed by atoms with Crippen LogP contribution in [0.4, 0.5) is 4.79 Å². The van der Waals surface area contributed by atoms with Gasteiger partial charge in [0.1, 0.15) is 0 Å². The molecule has 4 aliphatic rings. The standard InChI is InChI=1S/C28H41ClN2O4/c1-16(2)21(12-32)26(6,30-24(34)31-28-13-27(14-28,15-28)23(33)35-7)17-8-9-18(22(29)10-17)19-11-20(19)25(3,4)5/h8-10,16,19-21,32H,11-15H2,1-7H3,(H2,30,31,34)/t19-,20+,21?,26-,27?,28?/m0/s1. The number of amides is 2. The maximum Gasteiger partial charge on any atom is 0.315 e. The van der Waals surface area contributed by atoms with Gasteiger partial charge in [-0.15, -0.1) is 0 Å². The van der Waals surface area contributed by atoms with Gasteiger partial charge in [-0.05, 0) is 73.0 Å². The van der Waals surface area contributed by atoms with Gasteiger partial charge in [0.2, 0.25) is 0 Å². The van der Waals surface area contributed by atoms with E-state index in [-0.39, 0.29) is 41.4 Å². The monoisotopic (exact) mass is 504 g/mol. The van der Waals surface area contributed by atoms with Gasteiger partial charge in [-0.1, -0.05) is 58.4 Å². The minimum atomic E-state index is -0.828. The molecule has 1 aromatic carbocycles. The molecule has 4 atom stereocenters. The van der Waals surface area contributed by atoms with Crippen molar-refractivity contribution in [3.8, 4) is 0 Å². The molecule has 5 rings (SSSR count). The molecule has 7 heteroatoms. The fraction of sp³-hybridized carbons (Fsp3) is 0.714. The number of aliphatic hydroxyl groups excluding tert-OH is 1. The molecule has 4 fully saturated rings. The van der Waals surface area contributed by atoms with Crippen LogP contribution in [0.1, 0.15) is 84.3 Å². The predicted octanol–water partition coefficient (Wildman–Crippen LogP) is 5.36. The highest BCUT2D eigenvalue weighted by atomic mass is 35.5. The van der Waals surface area contributed by atoms with Gasteiger partial charge in [0.25, 0.3) is 0 Å². The molecular weight excluding hydrogens is 464 g/mol. The number of hydrogen-bond acceptors (Lipinski definition) is 4. The lowest BCUT2D eigenvalue weighted by atomic mass is 9.39. The molecule has 4 aliphatic carbocycles. The SMILES string of the molecule is COC(=O)C12CC(NC(=O)N[C@@](C)(c3ccc([C@@H]4C[C@H]4C(C)(C)C)c(Cl)c3)C(CO)C(C)C)(C1)C2. The molecule has 0 saturated heterocycles. The third-order valence-corrected chi connectivity index (χ3v) is 9.37. The van der Waals surface area contributed by atoms with Gasteiger partial charge in [0.15, 0.2) is 0 Å². The highest BCUT2D eigenvalue weighted by Gasteiger charge is 2.73. The van der Waals surface area contributed by atoms with Crippen molar-refractivity contribution in [2.75, 3.05) is 13.7 Å². The number of ether oxygens (including phenoxy) is 1. The zero-order chi connectivity index (χ0) is 26.0. The van der Waals surface area contributed by atoms with Crippen molar-refractivity contribution >= 4 is 23.6 Å². The summed E-state index contributed by atoms with van der Waals surface area (Å²) in [6.45, 7) is 12.8. The van der Waals surface area contributed by atoms with Crippen molar-refractivity contribution < 1.29 is 19.4 Å². The fourth-order valence-corrected chi connectivity index (χ4v) is 7.27. The first-order chi connectivity index (χ1) is 16.2. The van der Waals surface area contributed by atoms with E-state index in [1.807, 2.05) is 26.8 Å². The van der Waals surface area contributed by atoms with Gasteiger partial charge in [-0.25, -0.2) is 4.79 Å². The van der Waals surface area contributed by atoms with Gasteiger partial charge in [0, 0.05) is 23.1 Å². The van der Waals surface area contributed by atoms with Crippen LogP contribution < -0.4 is 10.6 Å². The Morgan fingerprint density at radius 1 is 1.20 bits per heavy atom. The largest absolute Gasteiger partial charge is 0.469 e. The summed E-state index contributed by atoms with van der Waals surface area (Å²) < 4.78 is 4.92. The van der Waals surface area contributed by atoms with E-state index < -0.39 is 11.0 Å². The summed E-state index contributed by atoms with van der Waals surface area (Å²) in [6, 6.07) is 5.83. The number of hydrogen-bond donors (Lipinski definition) is 3. The van der Waals surface area contributed by atoms with Crippen LogP contribution in [0.2, 0.25) is 5.02 Å². The lowest BCUT2D eigenvalue weighted by Crippen LogP contribution is -2.78. The Kier molecular flexibility index (Phi) is 6.50. The lowest BCUT2D eigenvalue weighted by Gasteiger charge is -2.68. The Labute approximate surface area is 214 Å². The van der Waals surface area contributed by atoms with Crippen LogP contribution in [0.3, 0.4) is 0 Å². The summed E-state index contributed by atoms with van der Waals surface area (Å²) in [7, 11) is 1.41. The summed E-state index contributed by atoms with van der Waals surface area (Å²) in [5.41, 5.74) is 0.690. The Hall–Kier alpha value is -1.79. The van der Waals surface area contributed by atoms with Crippen LogP contribution in [0.5, 0.6) is 0 Å². The zero-order valence-electron chi connectivity index (χ0n) is 22.1. The third kappa shape index (κ3) is 4.46. The number of benzene rings is 1. The number of aliphatic hydroxyl groups is 1. The van der Waals surface area contributed by atoms with Crippen molar-refractivity contribution in [2.24, 2.45) is 28.6 Å². The fourth-order valence-electron chi connectivity index (χ4n) is 6.95. The van der Waals surface area contributed by atoms with Crippen LogP contribution in [0, 0.1) is 28.6 Å². The number of urea groups is 1. The molecule has 0 heterocycles. The van der Waals surface area contributed by atoms with Gasteiger partial charge in [-0.2, -0.15) is 0 Å². The molecule has 1 unspecified atom stereocenters. The third-order valence-electron chi connectivity index (χ3n) is 9.05. The summed E-state index contributed by atoms with van der Waals surface area (Å²) >= 11 is 6.82. The van der Waals surface area contributed by atoms with Crippen molar-refractivity contribution in [1.29, 1.82) is 0 Å². The maximum atomic E-state index is 13.2. The zero-order valence-corrected chi connectivity index (χ0v) is 22.9. The average molecular weight is 505 g/mol. The number of methoxy groups -OCH3 is 1. The van der Waals surface area contributed by atoms with E-state index in [9.17, 15) is 14.7 Å². The molecule has 6 nitrogen and oxygen atoms in total. The lowest BCUT2D eigenvalue weighted by molar-refractivity contribution is -0.199. The molecule has 0 spiro atoms. The van der Waals surface area contributed by atoms with E-state index in [1.165, 1.54) is 7.11 Å². The normalized spacial score (nSPS) is 31.5. The quantitative estimate of drug-likeness (QED) is 0.415. The highest BCUT2D eigenvalue weighted by molar-refractivity contribution is 6.31. The molecule has 4 saturated carbocycles. The minimum absolute atomic E-state index is 0.0703. The first-order valence-corrected chi connectivity index (χ1v) is 13.2. The van der Waals surface area contributed by atoms with Gasteiger partial charge in [0.05, 0.1) is 18.1 Å². The Balaban J connectivity index is 1.53. The molecule has 2 amide bonds. The summed E-state index contributed by atoms with van der Waals surface area (Å²) in [5.74, 6) is 0.793. The number of esters is 1. The molecule has 2 bridgehead atoms. The van der Waals surface area contributed by atoms with Crippen LogP contribution >= 0.6 is 11.6 Å². The predicted molar refractivity (Wildman–Crippen MR) is 137 cm³/mol. The van der Waals surface area contributed by atoms with Gasteiger partial charge < -0.3 is 20.5 Å². The van der Waals surface area contributed by atoms with Crippen LogP contribution in [0.25, 0.3) is 0 Å². The van der Waals surface area contributed by atoms with E-state index in [0.29, 0.717) is 36.1 Å². The van der Waals surface area contributed by atoms with Crippen molar-refractivity contribution in [1.82, 2.24) is 10.6 Å². The number of carbonyl (C=O) groups excluding carboxylic acids is 2. The minimum Gasteiger partial charge on any atom is -0.469 e. The molecular formula is C28H41ClN2O4. The number of rotatable bonds is 8. The average Bonchev–Trinajstić information content (AvgIpc) is 3.50.